The van der Waals surface area contributed by atoms with E-state index >= 15 is 0 Å². The van der Waals surface area contributed by atoms with Crippen LogP contribution >= 0.6 is 0 Å². The number of amides is 2. The van der Waals surface area contributed by atoms with Gasteiger partial charge in [0.25, 0.3) is 5.91 Å². The van der Waals surface area contributed by atoms with Gasteiger partial charge in [-0.3, -0.25) is 9.59 Å². The van der Waals surface area contributed by atoms with Crippen molar-refractivity contribution >= 4 is 22.7 Å². The summed E-state index contributed by atoms with van der Waals surface area (Å²) in [5.41, 5.74) is 3.19. The van der Waals surface area contributed by atoms with Gasteiger partial charge in [-0.1, -0.05) is 18.2 Å². The number of carbonyl (C=O) groups excluding carboxylic acids is 2. The molecule has 2 amide bonds. The molecule has 0 bridgehead atoms. The SMILES string of the molecule is Cc1cccc2cc(C(=O)N3CCC[C@]4(CCC(=O)N(C5CC5)C4)C3)n(C)c12. The Balaban J connectivity index is 1.41. The smallest absolute Gasteiger partial charge is 0.270 e. The van der Waals surface area contributed by atoms with Crippen LogP contribution in [0.15, 0.2) is 24.3 Å². The summed E-state index contributed by atoms with van der Waals surface area (Å²) in [6.45, 7) is 4.54. The number of aromatic nitrogens is 1. The number of benzene rings is 1. The van der Waals surface area contributed by atoms with Gasteiger partial charge in [0.15, 0.2) is 0 Å². The van der Waals surface area contributed by atoms with Crippen LogP contribution in [-0.2, 0) is 11.8 Å². The lowest BCUT2D eigenvalue weighted by molar-refractivity contribution is -0.139. The Morgan fingerprint density at radius 3 is 2.75 bits per heavy atom. The number of fused-ring (bicyclic) bond motifs is 1. The Morgan fingerprint density at radius 2 is 2.00 bits per heavy atom. The topological polar surface area (TPSA) is 45.6 Å². The largest absolute Gasteiger partial charge is 0.339 e. The minimum Gasteiger partial charge on any atom is -0.339 e. The van der Waals surface area contributed by atoms with Gasteiger partial charge in [-0.05, 0) is 50.7 Å². The first-order valence-corrected chi connectivity index (χ1v) is 10.6. The average molecular weight is 380 g/mol. The van der Waals surface area contributed by atoms with E-state index in [-0.39, 0.29) is 11.3 Å². The molecule has 0 radical (unpaired) electrons. The summed E-state index contributed by atoms with van der Waals surface area (Å²) in [5, 5.41) is 1.13. The van der Waals surface area contributed by atoms with E-state index in [9.17, 15) is 9.59 Å². The van der Waals surface area contributed by atoms with E-state index in [1.165, 1.54) is 5.56 Å². The molecule has 3 fully saturated rings. The molecule has 1 aromatic carbocycles. The molecular formula is C23H29N3O2. The van der Waals surface area contributed by atoms with Crippen LogP contribution in [0.2, 0.25) is 0 Å². The molecule has 1 aromatic heterocycles. The van der Waals surface area contributed by atoms with Gasteiger partial charge in [-0.25, -0.2) is 0 Å². The van der Waals surface area contributed by atoms with Crippen molar-refractivity contribution in [3.63, 3.8) is 0 Å². The highest BCUT2D eigenvalue weighted by Gasteiger charge is 2.46. The van der Waals surface area contributed by atoms with Gasteiger partial charge in [-0.15, -0.1) is 0 Å². The third-order valence-corrected chi connectivity index (χ3v) is 7.11. The molecule has 3 heterocycles. The van der Waals surface area contributed by atoms with Crippen molar-refractivity contribution in [2.45, 2.75) is 51.5 Å². The minimum atomic E-state index is 0.0882. The average Bonchev–Trinajstić information content (AvgIpc) is 3.47. The molecule has 1 aliphatic carbocycles. The number of hydrogen-bond donors (Lipinski definition) is 0. The van der Waals surface area contributed by atoms with Crippen molar-refractivity contribution in [2.75, 3.05) is 19.6 Å². The maximum absolute atomic E-state index is 13.4. The van der Waals surface area contributed by atoms with Gasteiger partial charge < -0.3 is 14.4 Å². The van der Waals surface area contributed by atoms with Crippen molar-refractivity contribution in [3.05, 3.63) is 35.5 Å². The second kappa shape index (κ2) is 6.36. The number of para-hydroxylation sites is 1. The number of likely N-dealkylation sites (tertiary alicyclic amines) is 2. The zero-order valence-electron chi connectivity index (χ0n) is 16.9. The molecule has 28 heavy (non-hydrogen) atoms. The molecule has 2 aliphatic heterocycles. The zero-order chi connectivity index (χ0) is 19.5. The minimum absolute atomic E-state index is 0.0882. The Kier molecular flexibility index (Phi) is 4.04. The fourth-order valence-corrected chi connectivity index (χ4v) is 5.47. The molecule has 2 aromatic rings. The Labute approximate surface area is 166 Å². The summed E-state index contributed by atoms with van der Waals surface area (Å²) in [5.74, 6) is 0.452. The standard InChI is InChI=1S/C23H29N3O2/c1-16-5-3-6-17-13-19(24(2)21(16)17)22(28)25-12-4-10-23(14-25)11-9-20(27)26(15-23)18-7-8-18/h3,5-6,13,18H,4,7-12,14-15H2,1-2H3/t23-/m0/s1. The summed E-state index contributed by atoms with van der Waals surface area (Å²) < 4.78 is 2.05. The maximum Gasteiger partial charge on any atom is 0.270 e. The molecule has 5 heteroatoms. The summed E-state index contributed by atoms with van der Waals surface area (Å²) in [7, 11) is 2.00. The predicted octanol–water partition coefficient (Wildman–Crippen LogP) is 3.49. The Bertz CT molecular complexity index is 958. The van der Waals surface area contributed by atoms with Crippen LogP contribution in [0.5, 0.6) is 0 Å². The lowest BCUT2D eigenvalue weighted by atomic mass is 9.73. The predicted molar refractivity (Wildman–Crippen MR) is 109 cm³/mol. The second-order valence-corrected chi connectivity index (χ2v) is 9.18. The van der Waals surface area contributed by atoms with Crippen molar-refractivity contribution < 1.29 is 9.59 Å². The first-order valence-electron chi connectivity index (χ1n) is 10.6. The van der Waals surface area contributed by atoms with Crippen molar-refractivity contribution in [3.8, 4) is 0 Å². The zero-order valence-corrected chi connectivity index (χ0v) is 16.9. The van der Waals surface area contributed by atoms with Crippen molar-refractivity contribution in [1.29, 1.82) is 0 Å². The number of nitrogens with zero attached hydrogens (tertiary/aromatic N) is 3. The molecule has 2 saturated heterocycles. The molecule has 5 rings (SSSR count). The van der Waals surface area contributed by atoms with Crippen LogP contribution in [0.1, 0.15) is 54.6 Å². The monoisotopic (exact) mass is 379 g/mol. The van der Waals surface area contributed by atoms with E-state index in [1.807, 2.05) is 24.1 Å². The fraction of sp³-hybridized carbons (Fsp3) is 0.565. The van der Waals surface area contributed by atoms with E-state index in [2.05, 4.69) is 28.5 Å². The number of piperidine rings is 2. The normalized spacial score (nSPS) is 25.7. The Hall–Kier alpha value is -2.30. The quantitative estimate of drug-likeness (QED) is 0.802. The highest BCUT2D eigenvalue weighted by Crippen LogP contribution is 2.42. The highest BCUT2D eigenvalue weighted by molar-refractivity contribution is 5.99. The van der Waals surface area contributed by atoms with E-state index in [0.717, 1.165) is 68.3 Å². The third-order valence-electron chi connectivity index (χ3n) is 7.11. The maximum atomic E-state index is 13.4. The van der Waals surface area contributed by atoms with Crippen LogP contribution in [0.25, 0.3) is 10.9 Å². The van der Waals surface area contributed by atoms with Gasteiger partial charge in [0.2, 0.25) is 5.91 Å². The lowest BCUT2D eigenvalue weighted by Crippen LogP contribution is -2.55. The molecule has 0 unspecified atom stereocenters. The first-order chi connectivity index (χ1) is 13.5. The molecule has 3 aliphatic rings. The summed E-state index contributed by atoms with van der Waals surface area (Å²) in [6, 6.07) is 8.73. The molecule has 1 atom stereocenters. The molecule has 0 N–H and O–H groups in total. The van der Waals surface area contributed by atoms with Crippen LogP contribution in [0.3, 0.4) is 0 Å². The van der Waals surface area contributed by atoms with Crippen LogP contribution in [-0.4, -0.2) is 51.9 Å². The van der Waals surface area contributed by atoms with Crippen LogP contribution in [0.4, 0.5) is 0 Å². The van der Waals surface area contributed by atoms with Gasteiger partial charge in [0, 0.05) is 49.9 Å². The van der Waals surface area contributed by atoms with Crippen LogP contribution in [0, 0.1) is 12.3 Å². The Morgan fingerprint density at radius 1 is 1.18 bits per heavy atom. The fourth-order valence-electron chi connectivity index (χ4n) is 5.47. The van der Waals surface area contributed by atoms with Crippen LogP contribution < -0.4 is 0 Å². The third kappa shape index (κ3) is 2.83. The van der Waals surface area contributed by atoms with Crippen molar-refractivity contribution in [2.24, 2.45) is 12.5 Å². The lowest BCUT2D eigenvalue weighted by Gasteiger charge is -2.48. The van der Waals surface area contributed by atoms with E-state index < -0.39 is 0 Å². The summed E-state index contributed by atoms with van der Waals surface area (Å²) in [4.78, 5) is 30.0. The first kappa shape index (κ1) is 17.8. The van der Waals surface area contributed by atoms with E-state index in [0.29, 0.717) is 18.4 Å². The molecule has 148 valence electrons. The van der Waals surface area contributed by atoms with Gasteiger partial charge in [0.05, 0.1) is 5.52 Å². The number of rotatable bonds is 2. The summed E-state index contributed by atoms with van der Waals surface area (Å²) in [6.07, 6.45) is 6.03. The number of hydrogen-bond acceptors (Lipinski definition) is 2. The molecular weight excluding hydrogens is 350 g/mol. The summed E-state index contributed by atoms with van der Waals surface area (Å²) >= 11 is 0. The van der Waals surface area contributed by atoms with Gasteiger partial charge in [0.1, 0.15) is 5.69 Å². The van der Waals surface area contributed by atoms with Crippen molar-refractivity contribution in [1.82, 2.24) is 14.4 Å². The second-order valence-electron chi connectivity index (χ2n) is 9.18. The number of carbonyl (C=O) groups is 2. The highest BCUT2D eigenvalue weighted by atomic mass is 16.2. The van der Waals surface area contributed by atoms with E-state index in [1.54, 1.807) is 0 Å². The van der Waals surface area contributed by atoms with Gasteiger partial charge >= 0.3 is 0 Å². The molecule has 5 nitrogen and oxygen atoms in total. The molecule has 1 spiro atoms. The molecule has 1 saturated carbocycles. The van der Waals surface area contributed by atoms with Gasteiger partial charge in [-0.2, -0.15) is 0 Å². The van der Waals surface area contributed by atoms with E-state index in [4.69, 9.17) is 0 Å². The number of aryl methyl sites for hydroxylation is 2.